The number of hydrogen-bond acceptors (Lipinski definition) is 4. The van der Waals surface area contributed by atoms with Crippen molar-refractivity contribution in [3.05, 3.63) is 42.0 Å². The number of rotatable bonds is 4. The second-order valence-corrected chi connectivity index (χ2v) is 4.12. The van der Waals surface area contributed by atoms with Gasteiger partial charge in [0.05, 0.1) is 0 Å². The lowest BCUT2D eigenvalue weighted by atomic mass is 10.2. The molecular weight excluding hydrogens is 268 g/mol. The Morgan fingerprint density at radius 3 is 3.00 bits per heavy atom. The van der Waals surface area contributed by atoms with Crippen LogP contribution >= 0.6 is 0 Å². The summed E-state index contributed by atoms with van der Waals surface area (Å²) in [6.45, 7) is -0.0964. The maximum Gasteiger partial charge on any atom is 0.280 e. The van der Waals surface area contributed by atoms with Crippen LogP contribution in [-0.2, 0) is 9.53 Å². The van der Waals surface area contributed by atoms with E-state index in [-0.39, 0.29) is 31.4 Å². The molecule has 0 aliphatic carbocycles. The highest BCUT2D eigenvalue weighted by molar-refractivity contribution is 5.98. The Bertz CT molecular complexity index is 568. The van der Waals surface area contributed by atoms with Crippen LogP contribution in [0.3, 0.4) is 0 Å². The van der Waals surface area contributed by atoms with Gasteiger partial charge in [0.15, 0.2) is 6.61 Å². The van der Waals surface area contributed by atoms with Gasteiger partial charge in [-0.2, -0.15) is 8.78 Å². The highest BCUT2D eigenvalue weighted by atomic mass is 19.3. The molecule has 0 aromatic heterocycles. The molecule has 1 aromatic carbocycles. The van der Waals surface area contributed by atoms with Crippen LogP contribution in [0.5, 0.6) is 0 Å². The fourth-order valence-electron chi connectivity index (χ4n) is 1.68. The number of hydrogen-bond donors (Lipinski definition) is 1. The summed E-state index contributed by atoms with van der Waals surface area (Å²) in [6.07, 6.45) is -0.994. The van der Waals surface area contributed by atoms with Gasteiger partial charge in [-0.25, -0.2) is 5.01 Å². The van der Waals surface area contributed by atoms with E-state index >= 15 is 0 Å². The van der Waals surface area contributed by atoms with Crippen molar-refractivity contribution in [3.8, 4) is 0 Å². The highest BCUT2D eigenvalue weighted by Gasteiger charge is 2.22. The predicted octanol–water partition coefficient (Wildman–Crippen LogP) is 1.96. The minimum Gasteiger partial charge on any atom is -0.466 e. The van der Waals surface area contributed by atoms with Crippen molar-refractivity contribution in [1.29, 1.82) is 0 Å². The molecule has 1 heterocycles. The van der Waals surface area contributed by atoms with Gasteiger partial charge in [-0.15, -0.1) is 5.10 Å². The van der Waals surface area contributed by atoms with E-state index in [9.17, 15) is 13.6 Å². The molecule has 0 unspecified atom stereocenters. The second kappa shape index (κ2) is 6.14. The van der Waals surface area contributed by atoms with E-state index in [2.05, 4.69) is 5.10 Å². The van der Waals surface area contributed by atoms with Crippen LogP contribution in [0, 0.1) is 0 Å². The van der Waals surface area contributed by atoms with Crippen LogP contribution in [0.4, 0.5) is 14.5 Å². The van der Waals surface area contributed by atoms with E-state index in [1.165, 1.54) is 0 Å². The predicted molar refractivity (Wildman–Crippen MR) is 70.0 cm³/mol. The van der Waals surface area contributed by atoms with E-state index in [1.54, 1.807) is 24.3 Å². The van der Waals surface area contributed by atoms with Crippen LogP contribution < -0.4 is 5.73 Å². The van der Waals surface area contributed by atoms with Crippen LogP contribution in [-0.4, -0.2) is 30.0 Å². The van der Waals surface area contributed by atoms with Crippen LogP contribution in [0.1, 0.15) is 12.0 Å². The number of hydrazone groups is 1. The van der Waals surface area contributed by atoms with Crippen molar-refractivity contribution in [2.45, 2.75) is 6.42 Å². The lowest BCUT2D eigenvalue weighted by Crippen LogP contribution is -2.37. The van der Waals surface area contributed by atoms with Crippen LogP contribution in [0.15, 0.2) is 41.5 Å². The zero-order valence-corrected chi connectivity index (χ0v) is 10.6. The second-order valence-electron chi connectivity index (χ2n) is 4.12. The van der Waals surface area contributed by atoms with E-state index in [1.807, 2.05) is 0 Å². The first-order chi connectivity index (χ1) is 9.56. The molecule has 0 atom stereocenters. The molecule has 1 aliphatic rings. The Hall–Kier alpha value is -2.44. The van der Waals surface area contributed by atoms with Gasteiger partial charge in [0.25, 0.3) is 12.0 Å². The van der Waals surface area contributed by atoms with Crippen molar-refractivity contribution in [1.82, 2.24) is 5.01 Å². The Labute approximate surface area is 114 Å². The maximum atomic E-state index is 12.0. The van der Waals surface area contributed by atoms with Crippen molar-refractivity contribution < 1.29 is 18.3 Å². The van der Waals surface area contributed by atoms with Gasteiger partial charge in [0.1, 0.15) is 0 Å². The van der Waals surface area contributed by atoms with Gasteiger partial charge < -0.3 is 10.5 Å². The third-order valence-electron chi connectivity index (χ3n) is 2.60. The number of carbonyl (C=O) groups excluding carboxylic acids is 1. The van der Waals surface area contributed by atoms with E-state index in [0.29, 0.717) is 11.3 Å². The van der Waals surface area contributed by atoms with Crippen molar-refractivity contribution >= 4 is 17.5 Å². The smallest absolute Gasteiger partial charge is 0.280 e. The minimum absolute atomic E-state index is 0.0295. The maximum absolute atomic E-state index is 12.0. The molecule has 106 valence electrons. The highest BCUT2D eigenvalue weighted by Crippen LogP contribution is 2.13. The first-order valence-electron chi connectivity index (χ1n) is 5.95. The topological polar surface area (TPSA) is 67.9 Å². The van der Waals surface area contributed by atoms with Crippen LogP contribution in [0.25, 0.3) is 0 Å². The quantitative estimate of drug-likeness (QED) is 0.858. The largest absolute Gasteiger partial charge is 0.466 e. The third kappa shape index (κ3) is 3.53. The Morgan fingerprint density at radius 2 is 2.30 bits per heavy atom. The molecule has 0 spiro atoms. The minimum atomic E-state index is -1.77. The molecule has 2 N–H and O–H groups in total. The average molecular weight is 281 g/mol. The number of carbonyl (C=O) groups is 1. The molecule has 1 aliphatic heterocycles. The van der Waals surface area contributed by atoms with Gasteiger partial charge >= 0.3 is 0 Å². The SMILES string of the molecule is Nc1cccc(C2=NN(CCC=C(F)F)C(=O)CO2)c1. The fraction of sp³-hybridized carbons (Fsp3) is 0.231. The van der Waals surface area contributed by atoms with Crippen molar-refractivity contribution in [2.24, 2.45) is 5.10 Å². The number of nitrogen functional groups attached to an aromatic ring is 1. The standard InChI is InChI=1S/C13H13F2N3O2/c14-11(15)5-2-6-18-12(19)8-20-13(17-18)9-3-1-4-10(16)7-9/h1,3-5,7H,2,6,8,16H2. The van der Waals surface area contributed by atoms with Crippen molar-refractivity contribution in [2.75, 3.05) is 18.9 Å². The lowest BCUT2D eigenvalue weighted by Gasteiger charge is -2.23. The lowest BCUT2D eigenvalue weighted by molar-refractivity contribution is -0.135. The number of nitrogens with two attached hydrogens (primary N) is 1. The summed E-state index contributed by atoms with van der Waals surface area (Å²) < 4.78 is 29.1. The number of nitrogens with zero attached hydrogens (tertiary/aromatic N) is 2. The monoisotopic (exact) mass is 281 g/mol. The molecule has 0 fully saturated rings. The summed E-state index contributed by atoms with van der Waals surface area (Å²) in [5.41, 5.74) is 6.83. The summed E-state index contributed by atoms with van der Waals surface area (Å²) in [6, 6.07) is 6.85. The summed E-state index contributed by atoms with van der Waals surface area (Å²) >= 11 is 0. The molecule has 0 saturated heterocycles. The third-order valence-corrected chi connectivity index (χ3v) is 2.60. The molecule has 2 rings (SSSR count). The Kier molecular flexibility index (Phi) is 4.29. The number of halogens is 2. The molecule has 0 saturated carbocycles. The first kappa shape index (κ1) is 14.0. The molecule has 5 nitrogen and oxygen atoms in total. The normalized spacial score (nSPS) is 14.6. The summed E-state index contributed by atoms with van der Waals surface area (Å²) in [5.74, 6) is -0.119. The van der Waals surface area contributed by atoms with Gasteiger partial charge in [-0.05, 0) is 30.7 Å². The number of ether oxygens (including phenoxy) is 1. The number of amides is 1. The molecular formula is C13H13F2N3O2. The zero-order valence-electron chi connectivity index (χ0n) is 10.6. The molecule has 20 heavy (non-hydrogen) atoms. The Balaban J connectivity index is 2.14. The molecule has 0 radical (unpaired) electrons. The average Bonchev–Trinajstić information content (AvgIpc) is 2.40. The van der Waals surface area contributed by atoms with E-state index in [4.69, 9.17) is 10.5 Å². The van der Waals surface area contributed by atoms with Gasteiger partial charge in [-0.3, -0.25) is 4.79 Å². The zero-order chi connectivity index (χ0) is 14.5. The summed E-state index contributed by atoms with van der Waals surface area (Å²) in [4.78, 5) is 11.6. The van der Waals surface area contributed by atoms with Gasteiger partial charge in [0, 0.05) is 17.8 Å². The molecule has 1 aromatic rings. The molecule has 1 amide bonds. The van der Waals surface area contributed by atoms with Crippen LogP contribution in [0.2, 0.25) is 0 Å². The van der Waals surface area contributed by atoms with E-state index < -0.39 is 6.08 Å². The fourth-order valence-corrected chi connectivity index (χ4v) is 1.68. The summed E-state index contributed by atoms with van der Waals surface area (Å²) in [7, 11) is 0. The Morgan fingerprint density at radius 1 is 1.50 bits per heavy atom. The number of anilines is 1. The number of benzene rings is 1. The first-order valence-corrected chi connectivity index (χ1v) is 5.95. The van der Waals surface area contributed by atoms with Gasteiger partial charge in [0.2, 0.25) is 5.90 Å². The molecule has 7 heteroatoms. The molecule has 0 bridgehead atoms. The van der Waals surface area contributed by atoms with Crippen molar-refractivity contribution in [3.63, 3.8) is 0 Å². The summed E-state index contributed by atoms with van der Waals surface area (Å²) in [5, 5.41) is 5.15. The van der Waals surface area contributed by atoms with E-state index in [0.717, 1.165) is 11.1 Å². The van der Waals surface area contributed by atoms with Gasteiger partial charge in [-0.1, -0.05) is 6.07 Å².